The SMILES string of the molecule is CC(OCCOc1ccc([N+](=O)[O-])cc1F)C(=O)O. The number of hydrogen-bond acceptors (Lipinski definition) is 5. The molecule has 0 aliphatic carbocycles. The first-order chi connectivity index (χ1) is 8.91. The summed E-state index contributed by atoms with van der Waals surface area (Å²) in [4.78, 5) is 20.1. The van der Waals surface area contributed by atoms with Crippen molar-refractivity contribution in [2.75, 3.05) is 13.2 Å². The number of aliphatic carboxylic acids is 1. The van der Waals surface area contributed by atoms with Crippen molar-refractivity contribution in [3.8, 4) is 5.75 Å². The van der Waals surface area contributed by atoms with Gasteiger partial charge in [-0.1, -0.05) is 0 Å². The van der Waals surface area contributed by atoms with Crippen LogP contribution in [0.1, 0.15) is 6.92 Å². The van der Waals surface area contributed by atoms with Gasteiger partial charge in [-0.05, 0) is 13.0 Å². The van der Waals surface area contributed by atoms with E-state index in [2.05, 4.69) is 0 Å². The molecule has 19 heavy (non-hydrogen) atoms. The van der Waals surface area contributed by atoms with E-state index in [0.29, 0.717) is 0 Å². The molecule has 8 heteroatoms. The summed E-state index contributed by atoms with van der Waals surface area (Å²) in [6.07, 6.45) is -0.981. The highest BCUT2D eigenvalue weighted by atomic mass is 19.1. The number of halogens is 1. The van der Waals surface area contributed by atoms with Gasteiger partial charge >= 0.3 is 5.97 Å². The molecule has 0 aromatic heterocycles. The number of carbonyl (C=O) groups is 1. The molecular formula is C11H12FNO6. The van der Waals surface area contributed by atoms with Crippen molar-refractivity contribution in [2.45, 2.75) is 13.0 Å². The summed E-state index contributed by atoms with van der Waals surface area (Å²) in [5.74, 6) is -2.13. The van der Waals surface area contributed by atoms with Gasteiger partial charge in [-0.15, -0.1) is 0 Å². The van der Waals surface area contributed by atoms with Crippen molar-refractivity contribution in [3.63, 3.8) is 0 Å². The van der Waals surface area contributed by atoms with Crippen molar-refractivity contribution >= 4 is 11.7 Å². The van der Waals surface area contributed by atoms with Gasteiger partial charge in [-0.3, -0.25) is 10.1 Å². The Balaban J connectivity index is 2.46. The van der Waals surface area contributed by atoms with Crippen LogP contribution in [0.25, 0.3) is 0 Å². The number of nitro benzene ring substituents is 1. The van der Waals surface area contributed by atoms with E-state index < -0.39 is 22.8 Å². The van der Waals surface area contributed by atoms with E-state index in [1.165, 1.54) is 6.92 Å². The molecule has 0 radical (unpaired) electrons. The highest BCUT2D eigenvalue weighted by Crippen LogP contribution is 2.22. The molecule has 1 aromatic rings. The fraction of sp³-hybridized carbons (Fsp3) is 0.364. The first kappa shape index (κ1) is 14.8. The van der Waals surface area contributed by atoms with E-state index in [0.717, 1.165) is 18.2 Å². The maximum Gasteiger partial charge on any atom is 0.332 e. The zero-order valence-electron chi connectivity index (χ0n) is 10.0. The van der Waals surface area contributed by atoms with Crippen LogP contribution in [0.15, 0.2) is 18.2 Å². The zero-order valence-corrected chi connectivity index (χ0v) is 10.0. The maximum absolute atomic E-state index is 13.4. The molecule has 7 nitrogen and oxygen atoms in total. The lowest BCUT2D eigenvalue weighted by atomic mass is 10.3. The number of carboxylic acids is 1. The smallest absolute Gasteiger partial charge is 0.332 e. The highest BCUT2D eigenvalue weighted by molar-refractivity contribution is 5.71. The lowest BCUT2D eigenvalue weighted by Gasteiger charge is -2.10. The normalized spacial score (nSPS) is 11.9. The molecule has 0 aliphatic heterocycles. The molecule has 104 valence electrons. The van der Waals surface area contributed by atoms with Gasteiger partial charge in [-0.25, -0.2) is 9.18 Å². The largest absolute Gasteiger partial charge is 0.488 e. The molecule has 1 atom stereocenters. The third-order valence-electron chi connectivity index (χ3n) is 2.18. The topological polar surface area (TPSA) is 98.9 Å². The van der Waals surface area contributed by atoms with Crippen LogP contribution in [0.2, 0.25) is 0 Å². The van der Waals surface area contributed by atoms with Crippen molar-refractivity contribution in [1.29, 1.82) is 0 Å². The van der Waals surface area contributed by atoms with E-state index in [-0.39, 0.29) is 24.7 Å². The molecule has 0 bridgehead atoms. The van der Waals surface area contributed by atoms with Crippen molar-refractivity contribution in [3.05, 3.63) is 34.1 Å². The van der Waals surface area contributed by atoms with Gasteiger partial charge in [0.25, 0.3) is 5.69 Å². The molecule has 1 rings (SSSR count). The number of hydrogen-bond donors (Lipinski definition) is 1. The lowest BCUT2D eigenvalue weighted by Crippen LogP contribution is -2.22. The van der Waals surface area contributed by atoms with Crippen LogP contribution in [0, 0.1) is 15.9 Å². The molecule has 0 aliphatic rings. The van der Waals surface area contributed by atoms with Crippen LogP contribution in [0.4, 0.5) is 10.1 Å². The predicted molar refractivity (Wildman–Crippen MR) is 61.6 cm³/mol. The Morgan fingerprint density at radius 1 is 1.53 bits per heavy atom. The number of ether oxygens (including phenoxy) is 2. The first-order valence-corrected chi connectivity index (χ1v) is 5.33. The number of nitro groups is 1. The quantitative estimate of drug-likeness (QED) is 0.460. The third kappa shape index (κ3) is 4.51. The molecule has 0 saturated carbocycles. The molecule has 1 N–H and O–H groups in total. The zero-order chi connectivity index (χ0) is 14.4. The molecule has 0 heterocycles. The second-order valence-corrected chi connectivity index (χ2v) is 3.57. The fourth-order valence-electron chi connectivity index (χ4n) is 1.17. The first-order valence-electron chi connectivity index (χ1n) is 5.33. The van der Waals surface area contributed by atoms with Crippen LogP contribution in [-0.4, -0.2) is 35.3 Å². The van der Waals surface area contributed by atoms with Crippen LogP contribution in [-0.2, 0) is 9.53 Å². The van der Waals surface area contributed by atoms with Gasteiger partial charge in [0.15, 0.2) is 17.7 Å². The summed E-state index contributed by atoms with van der Waals surface area (Å²) in [6, 6.07) is 2.99. The van der Waals surface area contributed by atoms with Crippen LogP contribution in [0.5, 0.6) is 5.75 Å². The van der Waals surface area contributed by atoms with E-state index in [9.17, 15) is 19.3 Å². The molecule has 1 unspecified atom stereocenters. The van der Waals surface area contributed by atoms with Crippen molar-refractivity contribution in [1.82, 2.24) is 0 Å². The minimum atomic E-state index is -1.11. The van der Waals surface area contributed by atoms with E-state index in [1.807, 2.05) is 0 Å². The van der Waals surface area contributed by atoms with Crippen LogP contribution >= 0.6 is 0 Å². The average Bonchev–Trinajstić information content (AvgIpc) is 2.35. The fourth-order valence-corrected chi connectivity index (χ4v) is 1.17. The number of nitrogens with zero attached hydrogens (tertiary/aromatic N) is 1. The van der Waals surface area contributed by atoms with Crippen molar-refractivity contribution < 1.29 is 28.7 Å². The second kappa shape index (κ2) is 6.64. The summed E-state index contributed by atoms with van der Waals surface area (Å²) in [5.41, 5.74) is -0.374. The van der Waals surface area contributed by atoms with Crippen molar-refractivity contribution in [2.24, 2.45) is 0 Å². The van der Waals surface area contributed by atoms with Gasteiger partial charge < -0.3 is 14.6 Å². The van der Waals surface area contributed by atoms with Gasteiger partial charge in [0.2, 0.25) is 0 Å². The van der Waals surface area contributed by atoms with E-state index in [1.54, 1.807) is 0 Å². The van der Waals surface area contributed by atoms with Gasteiger partial charge in [0, 0.05) is 6.07 Å². The minimum Gasteiger partial charge on any atom is -0.488 e. The highest BCUT2D eigenvalue weighted by Gasteiger charge is 2.13. The Bertz CT molecular complexity index is 478. The maximum atomic E-state index is 13.4. The summed E-state index contributed by atoms with van der Waals surface area (Å²) >= 11 is 0. The summed E-state index contributed by atoms with van der Waals surface area (Å²) in [6.45, 7) is 1.25. The van der Waals surface area contributed by atoms with Gasteiger partial charge in [-0.2, -0.15) is 0 Å². The Hall–Kier alpha value is -2.22. The lowest BCUT2D eigenvalue weighted by molar-refractivity contribution is -0.385. The number of non-ortho nitro benzene ring substituents is 1. The summed E-state index contributed by atoms with van der Waals surface area (Å²) in [5, 5.41) is 18.9. The summed E-state index contributed by atoms with van der Waals surface area (Å²) in [7, 11) is 0. The number of benzene rings is 1. The molecule has 1 aromatic carbocycles. The van der Waals surface area contributed by atoms with Crippen LogP contribution < -0.4 is 4.74 Å². The Morgan fingerprint density at radius 3 is 2.74 bits per heavy atom. The monoisotopic (exact) mass is 273 g/mol. The second-order valence-electron chi connectivity index (χ2n) is 3.57. The van der Waals surface area contributed by atoms with Crippen LogP contribution in [0.3, 0.4) is 0 Å². The molecule has 0 saturated heterocycles. The third-order valence-corrected chi connectivity index (χ3v) is 2.18. The summed E-state index contributed by atoms with van der Waals surface area (Å²) < 4.78 is 23.2. The Labute approximate surface area is 107 Å². The van der Waals surface area contributed by atoms with E-state index in [4.69, 9.17) is 14.6 Å². The Morgan fingerprint density at radius 2 is 2.21 bits per heavy atom. The van der Waals surface area contributed by atoms with Gasteiger partial charge in [0.1, 0.15) is 6.61 Å². The molecular weight excluding hydrogens is 261 g/mol. The Kier molecular flexibility index (Phi) is 5.19. The predicted octanol–water partition coefficient (Wildman–Crippen LogP) is 1.60. The standard InChI is InChI=1S/C11H12FNO6/c1-7(11(14)15)18-4-5-19-10-3-2-8(13(16)17)6-9(10)12/h2-3,6-7H,4-5H2,1H3,(H,14,15). The number of rotatable bonds is 7. The number of carboxylic acid groups (broad SMARTS) is 1. The molecule has 0 amide bonds. The molecule has 0 fully saturated rings. The average molecular weight is 273 g/mol. The van der Waals surface area contributed by atoms with Gasteiger partial charge in [0.05, 0.1) is 17.6 Å². The van der Waals surface area contributed by atoms with E-state index >= 15 is 0 Å². The minimum absolute atomic E-state index is 0.0378. The molecule has 0 spiro atoms.